The van der Waals surface area contributed by atoms with E-state index in [1.54, 1.807) is 55.5 Å². The van der Waals surface area contributed by atoms with Crippen molar-refractivity contribution in [2.75, 3.05) is 13.7 Å². The van der Waals surface area contributed by atoms with Gasteiger partial charge in [0.25, 0.3) is 11.2 Å². The highest BCUT2D eigenvalue weighted by Crippen LogP contribution is 2.33. The van der Waals surface area contributed by atoms with Gasteiger partial charge in [0.1, 0.15) is 17.1 Å². The van der Waals surface area contributed by atoms with Gasteiger partial charge in [-0.2, -0.15) is 9.78 Å². The summed E-state index contributed by atoms with van der Waals surface area (Å²) in [5.41, 5.74) is 0.347. The van der Waals surface area contributed by atoms with E-state index >= 15 is 0 Å². The van der Waals surface area contributed by atoms with Gasteiger partial charge in [-0.25, -0.2) is 9.78 Å². The summed E-state index contributed by atoms with van der Waals surface area (Å²) >= 11 is 0. The number of nitro benzene ring substituents is 1. The summed E-state index contributed by atoms with van der Waals surface area (Å²) in [7, 11) is 1.54. The predicted molar refractivity (Wildman–Crippen MR) is 151 cm³/mol. The Hall–Kier alpha value is -5.52. The molecular weight excluding hydrogens is 532 g/mol. The smallest absolute Gasteiger partial charge is 0.347 e. The standard InChI is InChI=1S/C29H24N4O8/c1-4-39-29(35)17(2)40-23-13-12-19(33(36)37)14-18(23)16-30-32-27(31-22-9-6-5-8-20(22)28(32)34)26-15-21-24(38-3)10-7-11-25(21)41-26/h5-17H,4H2,1-3H3/t17-/m1/s1. The van der Waals surface area contributed by atoms with Crippen molar-refractivity contribution in [3.63, 3.8) is 0 Å². The molecule has 41 heavy (non-hydrogen) atoms. The monoisotopic (exact) mass is 556 g/mol. The van der Waals surface area contributed by atoms with Gasteiger partial charge in [-0.05, 0) is 50.2 Å². The van der Waals surface area contributed by atoms with Gasteiger partial charge < -0.3 is 18.6 Å². The van der Waals surface area contributed by atoms with Crippen molar-refractivity contribution in [3.05, 3.63) is 92.8 Å². The average Bonchev–Trinajstić information content (AvgIpc) is 3.41. The van der Waals surface area contributed by atoms with E-state index in [1.165, 1.54) is 38.4 Å². The second-order valence-corrected chi connectivity index (χ2v) is 8.79. The highest BCUT2D eigenvalue weighted by molar-refractivity contribution is 5.89. The number of hydrogen-bond donors (Lipinski definition) is 0. The molecule has 0 radical (unpaired) electrons. The van der Waals surface area contributed by atoms with Crippen LogP contribution >= 0.6 is 0 Å². The van der Waals surface area contributed by atoms with Gasteiger partial charge in [0.2, 0.25) is 5.82 Å². The van der Waals surface area contributed by atoms with E-state index in [0.717, 1.165) is 4.68 Å². The topological polar surface area (TPSA) is 148 Å². The lowest BCUT2D eigenvalue weighted by Gasteiger charge is -2.15. The number of rotatable bonds is 9. The SMILES string of the molecule is CCOC(=O)[C@@H](C)Oc1ccc([N+](=O)[O-])cc1C=Nn1c(-c2cc3c(OC)cccc3o2)nc2ccccc2c1=O. The second kappa shape index (κ2) is 11.3. The average molecular weight is 557 g/mol. The third-order valence-corrected chi connectivity index (χ3v) is 6.15. The molecule has 3 aromatic carbocycles. The Balaban J connectivity index is 1.67. The predicted octanol–water partition coefficient (Wildman–Crippen LogP) is 4.94. The zero-order valence-electron chi connectivity index (χ0n) is 22.3. The maximum atomic E-state index is 13.6. The molecule has 0 N–H and O–H groups in total. The molecule has 0 amide bonds. The van der Waals surface area contributed by atoms with Crippen LogP contribution in [0.1, 0.15) is 19.4 Å². The number of furan rings is 1. The van der Waals surface area contributed by atoms with Gasteiger partial charge in [0.15, 0.2) is 11.9 Å². The Morgan fingerprint density at radius 1 is 1.12 bits per heavy atom. The van der Waals surface area contributed by atoms with E-state index in [1.807, 2.05) is 0 Å². The molecule has 0 saturated heterocycles. The maximum absolute atomic E-state index is 13.6. The van der Waals surface area contributed by atoms with E-state index in [0.29, 0.717) is 27.6 Å². The molecular formula is C29H24N4O8. The van der Waals surface area contributed by atoms with Crippen molar-refractivity contribution < 1.29 is 28.3 Å². The molecule has 208 valence electrons. The molecule has 0 bridgehead atoms. The zero-order chi connectivity index (χ0) is 29.1. The number of aromatic nitrogens is 2. The van der Waals surface area contributed by atoms with Crippen molar-refractivity contribution in [2.24, 2.45) is 5.10 Å². The number of non-ortho nitro benzene ring substituents is 1. The summed E-state index contributed by atoms with van der Waals surface area (Å²) in [6.45, 7) is 3.32. The van der Waals surface area contributed by atoms with E-state index in [9.17, 15) is 19.7 Å². The number of nitro groups is 1. The lowest BCUT2D eigenvalue weighted by Crippen LogP contribution is -2.26. The molecule has 12 heteroatoms. The molecule has 0 fully saturated rings. The fraction of sp³-hybridized carbons (Fsp3) is 0.172. The Morgan fingerprint density at radius 3 is 2.68 bits per heavy atom. The highest BCUT2D eigenvalue weighted by atomic mass is 16.6. The number of nitrogens with zero attached hydrogens (tertiary/aromatic N) is 4. The van der Waals surface area contributed by atoms with Crippen LogP contribution in [0.5, 0.6) is 11.5 Å². The fourth-order valence-corrected chi connectivity index (χ4v) is 4.19. The minimum Gasteiger partial charge on any atom is -0.496 e. The Labute approximate surface area is 232 Å². The molecule has 2 aromatic heterocycles. The zero-order valence-corrected chi connectivity index (χ0v) is 22.3. The molecule has 0 unspecified atom stereocenters. The first-order valence-corrected chi connectivity index (χ1v) is 12.6. The minimum absolute atomic E-state index is 0.0935. The Kier molecular flexibility index (Phi) is 7.46. The van der Waals surface area contributed by atoms with Crippen LogP contribution in [-0.4, -0.2) is 46.6 Å². The lowest BCUT2D eigenvalue weighted by molar-refractivity contribution is -0.384. The molecule has 1 atom stereocenters. The molecule has 0 aliphatic carbocycles. The van der Waals surface area contributed by atoms with E-state index in [4.69, 9.17) is 18.6 Å². The normalized spacial score (nSPS) is 12.1. The first kappa shape index (κ1) is 27.1. The highest BCUT2D eigenvalue weighted by Gasteiger charge is 2.21. The van der Waals surface area contributed by atoms with E-state index in [2.05, 4.69) is 10.1 Å². The number of hydrogen-bond acceptors (Lipinski definition) is 10. The van der Waals surface area contributed by atoms with Gasteiger partial charge in [0.05, 0.1) is 41.1 Å². The van der Waals surface area contributed by atoms with Crippen molar-refractivity contribution >= 4 is 39.7 Å². The molecule has 0 saturated carbocycles. The first-order chi connectivity index (χ1) is 19.8. The van der Waals surface area contributed by atoms with Crippen LogP contribution in [0.3, 0.4) is 0 Å². The third-order valence-electron chi connectivity index (χ3n) is 6.15. The quantitative estimate of drug-likeness (QED) is 0.106. The first-order valence-electron chi connectivity index (χ1n) is 12.6. The van der Waals surface area contributed by atoms with Crippen molar-refractivity contribution in [2.45, 2.75) is 20.0 Å². The molecule has 0 aliphatic rings. The van der Waals surface area contributed by atoms with Crippen molar-refractivity contribution in [3.8, 4) is 23.1 Å². The van der Waals surface area contributed by atoms with Gasteiger partial charge >= 0.3 is 5.97 Å². The van der Waals surface area contributed by atoms with Gasteiger partial charge in [-0.15, -0.1) is 0 Å². The molecule has 0 aliphatic heterocycles. The number of carbonyl (C=O) groups excluding carboxylic acids is 1. The molecule has 12 nitrogen and oxygen atoms in total. The summed E-state index contributed by atoms with van der Waals surface area (Å²) < 4.78 is 23.2. The largest absolute Gasteiger partial charge is 0.496 e. The molecule has 5 aromatic rings. The summed E-state index contributed by atoms with van der Waals surface area (Å²) in [5.74, 6) is 0.430. The summed E-state index contributed by atoms with van der Waals surface area (Å²) in [4.78, 5) is 41.3. The number of ether oxygens (including phenoxy) is 3. The van der Waals surface area contributed by atoms with Crippen LogP contribution in [0, 0.1) is 10.1 Å². The van der Waals surface area contributed by atoms with Crippen LogP contribution in [-0.2, 0) is 9.53 Å². The number of benzene rings is 3. The molecule has 2 heterocycles. The van der Waals surface area contributed by atoms with Gasteiger partial charge in [0, 0.05) is 17.7 Å². The lowest BCUT2D eigenvalue weighted by atomic mass is 10.2. The van der Waals surface area contributed by atoms with Crippen LogP contribution < -0.4 is 15.0 Å². The van der Waals surface area contributed by atoms with Crippen LogP contribution in [0.4, 0.5) is 5.69 Å². The van der Waals surface area contributed by atoms with E-state index in [-0.39, 0.29) is 35.2 Å². The Morgan fingerprint density at radius 2 is 1.93 bits per heavy atom. The number of esters is 1. The second-order valence-electron chi connectivity index (χ2n) is 8.79. The van der Waals surface area contributed by atoms with E-state index < -0.39 is 22.6 Å². The summed E-state index contributed by atoms with van der Waals surface area (Å²) in [5, 5.41) is 16.8. The number of fused-ring (bicyclic) bond motifs is 2. The Bertz CT molecular complexity index is 1870. The van der Waals surface area contributed by atoms with Crippen LogP contribution in [0.2, 0.25) is 0 Å². The van der Waals surface area contributed by atoms with Crippen molar-refractivity contribution in [1.82, 2.24) is 9.66 Å². The maximum Gasteiger partial charge on any atom is 0.347 e. The van der Waals surface area contributed by atoms with Crippen LogP contribution in [0.25, 0.3) is 33.5 Å². The molecule has 5 rings (SSSR count). The summed E-state index contributed by atoms with van der Waals surface area (Å²) in [6.07, 6.45) is 0.222. The third kappa shape index (κ3) is 5.35. The number of para-hydroxylation sites is 1. The fourth-order valence-electron chi connectivity index (χ4n) is 4.19. The number of methoxy groups -OCH3 is 1. The van der Waals surface area contributed by atoms with Crippen molar-refractivity contribution in [1.29, 1.82) is 0 Å². The minimum atomic E-state index is -1.00. The molecule has 0 spiro atoms. The van der Waals surface area contributed by atoms with Crippen LogP contribution in [0.15, 0.2) is 81.0 Å². The van der Waals surface area contributed by atoms with Gasteiger partial charge in [-0.3, -0.25) is 14.9 Å². The van der Waals surface area contributed by atoms with Gasteiger partial charge in [-0.1, -0.05) is 18.2 Å². The summed E-state index contributed by atoms with van der Waals surface area (Å²) in [6, 6.07) is 17.6. The number of carbonyl (C=O) groups is 1.